The Labute approximate surface area is 118 Å². The summed E-state index contributed by atoms with van der Waals surface area (Å²) in [4.78, 5) is 11.4. The molecule has 0 radical (unpaired) electrons. The van der Waals surface area contributed by atoms with Crippen LogP contribution < -0.4 is 4.74 Å². The smallest absolute Gasteiger partial charge is 0.163 e. The van der Waals surface area contributed by atoms with Crippen molar-refractivity contribution in [3.63, 3.8) is 0 Å². The highest BCUT2D eigenvalue weighted by Gasteiger charge is 2.10. The highest BCUT2D eigenvalue weighted by Crippen LogP contribution is 2.23. The zero-order valence-corrected chi connectivity index (χ0v) is 12.6. The highest BCUT2D eigenvalue weighted by molar-refractivity contribution is 7.91. The number of carbonyl (C=O) groups is 1. The Hall–Kier alpha value is -1.07. The molecule has 0 saturated carbocycles. The van der Waals surface area contributed by atoms with Gasteiger partial charge in [0.1, 0.15) is 15.6 Å². The predicted octanol–water partition coefficient (Wildman–Crippen LogP) is 2.75. The van der Waals surface area contributed by atoms with Gasteiger partial charge in [-0.15, -0.1) is 0 Å². The van der Waals surface area contributed by atoms with Gasteiger partial charge in [-0.3, -0.25) is 4.79 Å². The fourth-order valence-electron chi connectivity index (χ4n) is 1.51. The molecule has 106 valence electrons. The fraction of sp³-hybridized carbons (Fsp3) is 0.462. The Balaban J connectivity index is 2.61. The summed E-state index contributed by atoms with van der Waals surface area (Å²) in [5, 5.41) is 0.464. The molecule has 0 fully saturated rings. The van der Waals surface area contributed by atoms with E-state index >= 15 is 0 Å². The van der Waals surface area contributed by atoms with Crippen LogP contribution in [0.3, 0.4) is 0 Å². The van der Waals surface area contributed by atoms with Gasteiger partial charge in [0.2, 0.25) is 0 Å². The fourth-order valence-corrected chi connectivity index (χ4v) is 2.53. The molecule has 1 rings (SSSR count). The van der Waals surface area contributed by atoms with Gasteiger partial charge in [-0.05, 0) is 31.5 Å². The number of benzene rings is 1. The van der Waals surface area contributed by atoms with Crippen LogP contribution in [-0.4, -0.2) is 32.3 Å². The van der Waals surface area contributed by atoms with Crippen molar-refractivity contribution in [1.29, 1.82) is 0 Å². The van der Waals surface area contributed by atoms with Crippen LogP contribution in [0.5, 0.6) is 5.75 Å². The van der Waals surface area contributed by atoms with Gasteiger partial charge in [-0.25, -0.2) is 8.42 Å². The van der Waals surface area contributed by atoms with Gasteiger partial charge < -0.3 is 4.74 Å². The summed E-state index contributed by atoms with van der Waals surface area (Å²) in [6.07, 6.45) is 0.399. The van der Waals surface area contributed by atoms with Crippen molar-refractivity contribution >= 4 is 27.2 Å². The van der Waals surface area contributed by atoms with E-state index in [9.17, 15) is 13.2 Å². The first kappa shape index (κ1) is 16.0. The minimum absolute atomic E-state index is 0.0898. The number of sulfone groups is 1. The van der Waals surface area contributed by atoms with E-state index < -0.39 is 9.84 Å². The lowest BCUT2D eigenvalue weighted by Gasteiger charge is -2.10. The zero-order valence-electron chi connectivity index (χ0n) is 11.0. The van der Waals surface area contributed by atoms with Gasteiger partial charge in [0, 0.05) is 10.8 Å². The molecule has 0 aliphatic heterocycles. The normalized spacial score (nSPS) is 11.3. The van der Waals surface area contributed by atoms with Crippen molar-refractivity contribution in [3.8, 4) is 5.75 Å². The lowest BCUT2D eigenvalue weighted by molar-refractivity contribution is 0.101. The second-order valence-electron chi connectivity index (χ2n) is 4.14. The largest absolute Gasteiger partial charge is 0.493 e. The van der Waals surface area contributed by atoms with Crippen molar-refractivity contribution in [2.45, 2.75) is 20.3 Å². The third-order valence-corrected chi connectivity index (χ3v) is 4.64. The van der Waals surface area contributed by atoms with E-state index in [1.165, 1.54) is 6.92 Å². The molecule has 0 amide bonds. The number of hydrogen-bond acceptors (Lipinski definition) is 4. The Morgan fingerprint density at radius 2 is 2.05 bits per heavy atom. The molecule has 0 spiro atoms. The number of hydrogen-bond donors (Lipinski definition) is 0. The van der Waals surface area contributed by atoms with Crippen molar-refractivity contribution in [3.05, 3.63) is 28.8 Å². The highest BCUT2D eigenvalue weighted by atomic mass is 35.5. The van der Waals surface area contributed by atoms with Crippen molar-refractivity contribution in [2.24, 2.45) is 0 Å². The molecule has 0 N–H and O–H groups in total. The molecule has 0 aromatic heterocycles. The first-order chi connectivity index (χ1) is 8.85. The summed E-state index contributed by atoms with van der Waals surface area (Å²) >= 11 is 5.81. The number of halogens is 1. The lowest BCUT2D eigenvalue weighted by Crippen LogP contribution is -2.12. The van der Waals surface area contributed by atoms with E-state index in [4.69, 9.17) is 16.3 Å². The second-order valence-corrected chi connectivity index (χ2v) is 7.04. The van der Waals surface area contributed by atoms with Gasteiger partial charge in [0.25, 0.3) is 0 Å². The summed E-state index contributed by atoms with van der Waals surface area (Å²) < 4.78 is 28.1. The van der Waals surface area contributed by atoms with Gasteiger partial charge in [-0.2, -0.15) is 0 Å². The summed E-state index contributed by atoms with van der Waals surface area (Å²) in [6, 6.07) is 4.79. The van der Waals surface area contributed by atoms with E-state index in [0.717, 1.165) is 0 Å². The number of ketones is 1. The molecule has 6 heteroatoms. The maximum absolute atomic E-state index is 11.4. The van der Waals surface area contributed by atoms with Gasteiger partial charge in [-0.1, -0.05) is 18.5 Å². The van der Waals surface area contributed by atoms with Crippen LogP contribution in [0.25, 0.3) is 0 Å². The Morgan fingerprint density at radius 1 is 1.37 bits per heavy atom. The van der Waals surface area contributed by atoms with Gasteiger partial charge in [0.05, 0.1) is 17.9 Å². The average Bonchev–Trinajstić information content (AvgIpc) is 2.36. The molecule has 19 heavy (non-hydrogen) atoms. The minimum atomic E-state index is -2.98. The number of Topliss-reactive ketones (excluding diaryl/α,β-unsaturated/α-hetero) is 1. The van der Waals surface area contributed by atoms with E-state index in [1.807, 2.05) is 0 Å². The third-order valence-electron chi connectivity index (χ3n) is 2.62. The molecule has 0 bridgehead atoms. The van der Waals surface area contributed by atoms with Gasteiger partial charge in [0.15, 0.2) is 5.78 Å². The Morgan fingerprint density at radius 3 is 2.63 bits per heavy atom. The Bertz CT molecular complexity index is 552. The number of rotatable bonds is 7. The van der Waals surface area contributed by atoms with Crippen LogP contribution in [0.15, 0.2) is 18.2 Å². The molecule has 0 aliphatic rings. The van der Waals surface area contributed by atoms with Crippen molar-refractivity contribution in [2.75, 3.05) is 18.1 Å². The first-order valence-corrected chi connectivity index (χ1v) is 8.19. The van der Waals surface area contributed by atoms with E-state index in [2.05, 4.69) is 0 Å². The molecule has 0 heterocycles. The molecule has 0 saturated heterocycles. The predicted molar refractivity (Wildman–Crippen MR) is 75.9 cm³/mol. The van der Waals surface area contributed by atoms with E-state index in [0.29, 0.717) is 22.8 Å². The quantitative estimate of drug-likeness (QED) is 0.574. The monoisotopic (exact) mass is 304 g/mol. The summed E-state index contributed by atoms with van der Waals surface area (Å²) in [5.41, 5.74) is 0.408. The zero-order chi connectivity index (χ0) is 14.5. The maximum Gasteiger partial charge on any atom is 0.163 e. The topological polar surface area (TPSA) is 60.4 Å². The number of carbonyl (C=O) groups excluding carboxylic acids is 1. The molecule has 0 unspecified atom stereocenters. The van der Waals surface area contributed by atoms with Crippen LogP contribution >= 0.6 is 11.6 Å². The molecular weight excluding hydrogens is 288 g/mol. The first-order valence-electron chi connectivity index (χ1n) is 5.99. The molecule has 1 aromatic rings. The van der Waals surface area contributed by atoms with E-state index in [-0.39, 0.29) is 23.9 Å². The van der Waals surface area contributed by atoms with Crippen LogP contribution in [0.1, 0.15) is 30.6 Å². The van der Waals surface area contributed by atoms with Crippen molar-refractivity contribution < 1.29 is 17.9 Å². The van der Waals surface area contributed by atoms with Crippen LogP contribution in [0, 0.1) is 0 Å². The van der Waals surface area contributed by atoms with E-state index in [1.54, 1.807) is 25.1 Å². The minimum Gasteiger partial charge on any atom is -0.493 e. The third kappa shape index (κ3) is 5.20. The molecule has 0 atom stereocenters. The molecular formula is C13H17ClO4S. The van der Waals surface area contributed by atoms with Crippen molar-refractivity contribution in [1.82, 2.24) is 0 Å². The molecule has 0 aliphatic carbocycles. The lowest BCUT2D eigenvalue weighted by atomic mass is 10.1. The number of ether oxygens (including phenoxy) is 1. The molecule has 4 nitrogen and oxygen atoms in total. The summed E-state index contributed by atoms with van der Waals surface area (Å²) in [6.45, 7) is 3.30. The summed E-state index contributed by atoms with van der Waals surface area (Å²) in [5.74, 6) is 0.517. The second kappa shape index (κ2) is 6.91. The molecule has 1 aromatic carbocycles. The standard InChI is InChI=1S/C13H17ClO4S/c1-3-19(16,17)8-4-7-18-13-6-5-11(14)9-12(13)10(2)15/h5-6,9H,3-4,7-8H2,1-2H3. The van der Waals surface area contributed by atoms with Crippen LogP contribution in [0.4, 0.5) is 0 Å². The van der Waals surface area contributed by atoms with Crippen LogP contribution in [0.2, 0.25) is 5.02 Å². The summed E-state index contributed by atoms with van der Waals surface area (Å²) in [7, 11) is -2.98. The van der Waals surface area contributed by atoms with Crippen LogP contribution in [-0.2, 0) is 9.84 Å². The Kier molecular flexibility index (Phi) is 5.82. The average molecular weight is 305 g/mol. The maximum atomic E-state index is 11.4. The SMILES string of the molecule is CCS(=O)(=O)CCCOc1ccc(Cl)cc1C(C)=O. The van der Waals surface area contributed by atoms with Gasteiger partial charge >= 0.3 is 0 Å².